The van der Waals surface area contributed by atoms with Gasteiger partial charge in [-0.1, -0.05) is 37.5 Å². The molecule has 1 aromatic heterocycles. The molecule has 0 spiro atoms. The Balaban J connectivity index is 1.69. The van der Waals surface area contributed by atoms with Crippen molar-refractivity contribution in [2.45, 2.75) is 50.4 Å². The highest BCUT2D eigenvalue weighted by Crippen LogP contribution is 2.44. The van der Waals surface area contributed by atoms with Gasteiger partial charge in [-0.2, -0.15) is 0 Å². The fourth-order valence-electron chi connectivity index (χ4n) is 3.56. The molecule has 3 rings (SSSR count). The zero-order chi connectivity index (χ0) is 24.6. The van der Waals surface area contributed by atoms with Gasteiger partial charge in [0.25, 0.3) is 5.91 Å². The maximum absolute atomic E-state index is 13.5. The first kappa shape index (κ1) is 22.9. The molecule has 2 atom stereocenters. The number of halogens is 2. The van der Waals surface area contributed by atoms with Crippen LogP contribution in [0.4, 0.5) is 4.39 Å². The van der Waals surface area contributed by atoms with Crippen molar-refractivity contribution >= 4 is 27.3 Å². The summed E-state index contributed by atoms with van der Waals surface area (Å²) in [6, 6.07) is 3.52. The van der Waals surface area contributed by atoms with Gasteiger partial charge in [-0.3, -0.25) is 4.79 Å². The average molecular weight is 490 g/mol. The molecule has 1 amide bonds. The van der Waals surface area contributed by atoms with E-state index in [1.807, 2.05) is 20.8 Å². The van der Waals surface area contributed by atoms with Crippen LogP contribution in [0.3, 0.4) is 0 Å². The number of hydrogen-bond donors (Lipinski definition) is 2. The largest absolute Gasteiger partial charge is 0.484 e. The van der Waals surface area contributed by atoms with Crippen molar-refractivity contribution in [3.63, 3.8) is 0 Å². The fourth-order valence-corrected chi connectivity index (χ4v) is 4.09. The monoisotopic (exact) mass is 489 g/mol. The van der Waals surface area contributed by atoms with Crippen LogP contribution in [-0.2, 0) is 20.2 Å². The van der Waals surface area contributed by atoms with Crippen LogP contribution in [0.2, 0.25) is 6.43 Å². The van der Waals surface area contributed by atoms with Gasteiger partial charge in [0, 0.05) is 24.9 Å². The van der Waals surface area contributed by atoms with E-state index in [1.165, 1.54) is 17.4 Å². The minimum atomic E-state index is -3.69. The van der Waals surface area contributed by atoms with Crippen LogP contribution in [0.5, 0.6) is 5.75 Å². The summed E-state index contributed by atoms with van der Waals surface area (Å²) in [6.07, 6.45) is 1.81. The molecule has 0 bridgehead atoms. The summed E-state index contributed by atoms with van der Waals surface area (Å²) in [5, 5.41) is 11.1. The predicted molar refractivity (Wildman–Crippen MR) is 115 cm³/mol. The van der Waals surface area contributed by atoms with Crippen LogP contribution in [0, 0.1) is 11.2 Å². The van der Waals surface area contributed by atoms with Crippen LogP contribution in [0.15, 0.2) is 27.8 Å². The Kier molecular flexibility index (Phi) is 6.42. The minimum absolute atomic E-state index is 0.0446. The normalized spacial score (nSPS) is 22.9. The van der Waals surface area contributed by atoms with Gasteiger partial charge in [-0.15, -0.1) is 5.10 Å². The number of carbonyl (C=O) groups excluding carboxylic acids is 1. The van der Waals surface area contributed by atoms with Gasteiger partial charge in [0.1, 0.15) is 18.5 Å². The molecule has 2 aromatic rings. The SMILES string of the molecule is [2H]N1C[C@@H](NC(=O)COc2ccc(Cl)c(F)c2)CC[C@]1(c1nnc(S(C)(=O)=O)o1)C(C)(C)C. The van der Waals surface area contributed by atoms with Crippen molar-refractivity contribution in [1.29, 1.82) is 0 Å². The Morgan fingerprint density at radius 3 is 2.75 bits per heavy atom. The van der Waals surface area contributed by atoms with E-state index < -0.39 is 37.7 Å². The maximum atomic E-state index is 13.5. The number of benzene rings is 1. The molecule has 2 N–H and O–H groups in total. The van der Waals surface area contributed by atoms with Crippen LogP contribution in [0.25, 0.3) is 0 Å². The highest BCUT2D eigenvalue weighted by atomic mass is 35.5. The second-order valence-corrected chi connectivity index (χ2v) is 11.1. The molecule has 12 heteroatoms. The lowest BCUT2D eigenvalue weighted by Crippen LogP contribution is -2.60. The number of nitrogens with zero attached hydrogens (tertiary/aromatic N) is 2. The molecule has 0 saturated carbocycles. The summed E-state index contributed by atoms with van der Waals surface area (Å²) < 4.78 is 56.6. The smallest absolute Gasteiger partial charge is 0.335 e. The molecule has 32 heavy (non-hydrogen) atoms. The quantitative estimate of drug-likeness (QED) is 0.634. The molecule has 1 aromatic carbocycles. The van der Waals surface area contributed by atoms with Crippen LogP contribution in [-0.4, -0.2) is 50.0 Å². The molecule has 1 aliphatic rings. The van der Waals surface area contributed by atoms with E-state index in [9.17, 15) is 17.6 Å². The van der Waals surface area contributed by atoms with Gasteiger partial charge in [0.15, 0.2) is 6.61 Å². The molecular weight excluding hydrogens is 463 g/mol. The van der Waals surface area contributed by atoms with Crippen LogP contribution < -0.4 is 15.4 Å². The topological polar surface area (TPSA) is 123 Å². The van der Waals surface area contributed by atoms with Gasteiger partial charge < -0.3 is 19.8 Å². The van der Waals surface area contributed by atoms with E-state index in [4.69, 9.17) is 22.2 Å². The number of carbonyl (C=O) groups is 1. The lowest BCUT2D eigenvalue weighted by molar-refractivity contribution is -0.124. The molecule has 0 aliphatic carbocycles. The fraction of sp³-hybridized carbons (Fsp3) is 0.550. The van der Waals surface area contributed by atoms with Crippen LogP contribution >= 0.6 is 11.6 Å². The summed E-state index contributed by atoms with van der Waals surface area (Å²) >= 11 is 5.63. The van der Waals surface area contributed by atoms with Crippen molar-refractivity contribution in [3.05, 3.63) is 34.9 Å². The molecule has 2 heterocycles. The van der Waals surface area contributed by atoms with Gasteiger partial charge >= 0.3 is 5.22 Å². The van der Waals surface area contributed by atoms with Crippen molar-refractivity contribution in [2.75, 3.05) is 19.4 Å². The Morgan fingerprint density at radius 1 is 1.47 bits per heavy atom. The van der Waals surface area contributed by atoms with E-state index in [-0.39, 0.29) is 35.9 Å². The van der Waals surface area contributed by atoms with E-state index in [1.54, 1.807) is 0 Å². The lowest BCUT2D eigenvalue weighted by Gasteiger charge is -2.47. The maximum Gasteiger partial charge on any atom is 0.335 e. The van der Waals surface area contributed by atoms with E-state index in [0.717, 1.165) is 12.3 Å². The molecule has 176 valence electrons. The summed E-state index contributed by atoms with van der Waals surface area (Å²) in [4.78, 5) is 12.3. The van der Waals surface area contributed by atoms with E-state index in [2.05, 4.69) is 15.5 Å². The molecule has 9 nitrogen and oxygen atoms in total. The van der Waals surface area contributed by atoms with Gasteiger partial charge in [0.05, 0.1) is 5.02 Å². The van der Waals surface area contributed by atoms with Gasteiger partial charge in [-0.25, -0.2) is 12.8 Å². The number of piperidine rings is 1. The lowest BCUT2D eigenvalue weighted by atomic mass is 9.68. The molecule has 0 radical (unpaired) electrons. The third-order valence-electron chi connectivity index (χ3n) is 5.38. The standard InChI is InChI=1S/C20H26ClFN4O5S/c1-19(2,3)20(17-25-26-18(31-17)32(4,28)29)8-7-12(10-23-20)24-16(27)11-30-13-5-6-14(21)15(22)9-13/h5-6,9,12,23H,7-8,10-11H2,1-4H3,(H,24,27)/t12-,20-/m0/s1/i/hD. The Hall–Kier alpha value is -2.24. The number of nitrogens with one attached hydrogen (secondary N) is 2. The Labute approximate surface area is 192 Å². The molecule has 1 fully saturated rings. The Morgan fingerprint density at radius 2 is 2.19 bits per heavy atom. The molecular formula is C20H26ClFN4O5S. The minimum Gasteiger partial charge on any atom is -0.484 e. The molecule has 0 unspecified atom stereocenters. The molecule has 1 aliphatic heterocycles. The summed E-state index contributed by atoms with van der Waals surface area (Å²) in [6.45, 7) is 5.50. The predicted octanol–water partition coefficient (Wildman–Crippen LogP) is 2.45. The van der Waals surface area contributed by atoms with Gasteiger partial charge in [-0.05, 0) is 30.4 Å². The Bertz CT molecular complexity index is 1140. The number of ether oxygens (including phenoxy) is 1. The zero-order valence-corrected chi connectivity index (χ0v) is 19.8. The number of amides is 1. The number of rotatable bonds is 6. The van der Waals surface area contributed by atoms with E-state index >= 15 is 0 Å². The highest BCUT2D eigenvalue weighted by Gasteiger charge is 2.50. The first-order valence-electron chi connectivity index (χ1n) is 10.4. The van der Waals surface area contributed by atoms with Crippen molar-refractivity contribution < 1.29 is 28.2 Å². The number of sulfone groups is 1. The zero-order valence-electron chi connectivity index (χ0n) is 19.2. The number of aromatic nitrogens is 2. The van der Waals surface area contributed by atoms with Crippen molar-refractivity contribution in [2.24, 2.45) is 5.41 Å². The first-order valence-corrected chi connectivity index (χ1v) is 12.2. The number of hydrogen-bond acceptors (Lipinski definition) is 8. The first-order chi connectivity index (χ1) is 15.2. The van der Waals surface area contributed by atoms with Crippen molar-refractivity contribution in [1.82, 2.24) is 20.8 Å². The van der Waals surface area contributed by atoms with Gasteiger partial charge in [0.2, 0.25) is 15.7 Å². The van der Waals surface area contributed by atoms with Crippen LogP contribution in [0.1, 0.15) is 39.5 Å². The molecule has 1 saturated heterocycles. The third kappa shape index (κ3) is 5.21. The summed E-state index contributed by atoms with van der Waals surface area (Å²) in [5.74, 6) is -0.861. The highest BCUT2D eigenvalue weighted by molar-refractivity contribution is 7.90. The van der Waals surface area contributed by atoms with E-state index in [0.29, 0.717) is 12.8 Å². The average Bonchev–Trinajstić information content (AvgIpc) is 3.19. The second kappa shape index (κ2) is 8.95. The summed E-state index contributed by atoms with van der Waals surface area (Å²) in [7, 11) is -3.69. The summed E-state index contributed by atoms with van der Waals surface area (Å²) in [5.41, 5.74) is -1.62. The second-order valence-electron chi connectivity index (χ2n) is 8.76. The third-order valence-corrected chi connectivity index (χ3v) is 6.49. The van der Waals surface area contributed by atoms with Crippen molar-refractivity contribution in [3.8, 4) is 5.75 Å².